The quantitative estimate of drug-likeness (QED) is 0.904. The van der Waals surface area contributed by atoms with Crippen molar-refractivity contribution in [1.82, 2.24) is 4.90 Å². The third-order valence-corrected chi connectivity index (χ3v) is 4.93. The van der Waals surface area contributed by atoms with Gasteiger partial charge in [0.25, 0.3) is 0 Å². The molecule has 0 aromatic heterocycles. The van der Waals surface area contributed by atoms with Gasteiger partial charge in [-0.1, -0.05) is 19.9 Å². The second kappa shape index (κ2) is 6.80. The van der Waals surface area contributed by atoms with E-state index in [1.165, 1.54) is 16.8 Å². The monoisotopic (exact) mass is 289 g/mol. The molecule has 1 saturated heterocycles. The first-order valence-corrected chi connectivity index (χ1v) is 8.18. The molecule has 3 unspecified atom stereocenters. The minimum absolute atomic E-state index is 0.277. The molecule has 1 heterocycles. The number of aryl methyl sites for hydroxylation is 1. The largest absolute Gasteiger partial charge is 0.370 e. The van der Waals surface area contributed by atoms with Gasteiger partial charge >= 0.3 is 0 Å². The fourth-order valence-electron chi connectivity index (χ4n) is 3.37. The van der Waals surface area contributed by atoms with E-state index in [0.29, 0.717) is 12.0 Å². The summed E-state index contributed by atoms with van der Waals surface area (Å²) in [7, 11) is 4.37. The van der Waals surface area contributed by atoms with E-state index in [2.05, 4.69) is 62.9 Å². The molecule has 1 fully saturated rings. The van der Waals surface area contributed by atoms with Crippen LogP contribution >= 0.6 is 0 Å². The maximum atomic E-state index is 6.09. The molecule has 0 radical (unpaired) electrons. The maximum absolute atomic E-state index is 6.09. The maximum Gasteiger partial charge on any atom is 0.0369 e. The van der Waals surface area contributed by atoms with E-state index < -0.39 is 0 Å². The normalized spacial score (nSPS) is 23.9. The van der Waals surface area contributed by atoms with Crippen molar-refractivity contribution in [2.24, 2.45) is 11.7 Å². The van der Waals surface area contributed by atoms with Crippen molar-refractivity contribution in [3.8, 4) is 0 Å². The predicted octanol–water partition coefficient (Wildman–Crippen LogP) is 2.66. The average molecular weight is 289 g/mol. The van der Waals surface area contributed by atoms with Gasteiger partial charge in [-0.25, -0.2) is 0 Å². The van der Waals surface area contributed by atoms with Crippen molar-refractivity contribution < 1.29 is 0 Å². The molecule has 0 spiro atoms. The van der Waals surface area contributed by atoms with Crippen molar-refractivity contribution in [3.63, 3.8) is 0 Å². The highest BCUT2D eigenvalue weighted by atomic mass is 15.2. The van der Waals surface area contributed by atoms with Crippen molar-refractivity contribution in [2.45, 2.75) is 45.7 Å². The number of hydrogen-bond donors (Lipinski definition) is 1. The molecule has 3 heteroatoms. The molecule has 1 aromatic rings. The minimum atomic E-state index is 0.277. The van der Waals surface area contributed by atoms with Crippen LogP contribution in [0, 0.1) is 12.8 Å². The molecule has 0 amide bonds. The number of hydrogen-bond acceptors (Lipinski definition) is 3. The minimum Gasteiger partial charge on any atom is -0.370 e. The van der Waals surface area contributed by atoms with E-state index in [0.717, 1.165) is 25.9 Å². The summed E-state index contributed by atoms with van der Waals surface area (Å²) in [6.07, 6.45) is 2.02. The third-order valence-electron chi connectivity index (χ3n) is 4.93. The van der Waals surface area contributed by atoms with Crippen molar-refractivity contribution in [1.29, 1.82) is 0 Å². The molecule has 3 nitrogen and oxygen atoms in total. The Bertz CT molecular complexity index is 470. The van der Waals surface area contributed by atoms with E-state index in [-0.39, 0.29) is 6.04 Å². The molecule has 0 saturated carbocycles. The summed E-state index contributed by atoms with van der Waals surface area (Å²) in [5.74, 6) is 0.716. The summed E-state index contributed by atoms with van der Waals surface area (Å²) in [6.45, 7) is 9.00. The molecule has 1 aliphatic rings. The second-order valence-electron chi connectivity index (χ2n) is 6.90. The molecule has 2 rings (SSSR count). The van der Waals surface area contributed by atoms with Crippen LogP contribution in [0.25, 0.3) is 0 Å². The highest BCUT2D eigenvalue weighted by Crippen LogP contribution is 2.28. The molecule has 1 aromatic carbocycles. The molecule has 21 heavy (non-hydrogen) atoms. The number of benzene rings is 1. The van der Waals surface area contributed by atoms with Crippen molar-refractivity contribution in [3.05, 3.63) is 29.3 Å². The van der Waals surface area contributed by atoms with Crippen LogP contribution in [-0.2, 0) is 6.42 Å². The Morgan fingerprint density at radius 2 is 2.05 bits per heavy atom. The zero-order valence-electron chi connectivity index (χ0n) is 14.3. The Kier molecular flexibility index (Phi) is 5.28. The molecular weight excluding hydrogens is 258 g/mol. The van der Waals surface area contributed by atoms with Gasteiger partial charge < -0.3 is 15.5 Å². The van der Waals surface area contributed by atoms with Crippen LogP contribution in [-0.4, -0.2) is 44.2 Å². The first-order chi connectivity index (χ1) is 9.92. The fourth-order valence-corrected chi connectivity index (χ4v) is 3.37. The van der Waals surface area contributed by atoms with Gasteiger partial charge in [0, 0.05) is 30.9 Å². The lowest BCUT2D eigenvalue weighted by molar-refractivity contribution is 0.266. The van der Waals surface area contributed by atoms with E-state index >= 15 is 0 Å². The molecule has 0 bridgehead atoms. The summed E-state index contributed by atoms with van der Waals surface area (Å²) in [5, 5.41) is 0. The fraction of sp³-hybridized carbons (Fsp3) is 0.667. The van der Waals surface area contributed by atoms with Gasteiger partial charge in [0.2, 0.25) is 0 Å². The molecule has 3 atom stereocenters. The van der Waals surface area contributed by atoms with Crippen LogP contribution in [0.15, 0.2) is 18.2 Å². The summed E-state index contributed by atoms with van der Waals surface area (Å²) in [4.78, 5) is 4.87. The highest BCUT2D eigenvalue weighted by Gasteiger charge is 2.31. The lowest BCUT2D eigenvalue weighted by Gasteiger charge is -2.23. The van der Waals surface area contributed by atoms with Crippen LogP contribution in [0.3, 0.4) is 0 Å². The number of likely N-dealkylation sites (N-methyl/N-ethyl adjacent to an activating group) is 1. The Labute approximate surface area is 130 Å². The Hall–Kier alpha value is -1.06. The van der Waals surface area contributed by atoms with Crippen LogP contribution in [0.2, 0.25) is 0 Å². The molecule has 2 N–H and O–H groups in total. The van der Waals surface area contributed by atoms with Crippen LogP contribution in [0.1, 0.15) is 31.4 Å². The molecule has 1 aliphatic heterocycles. The summed E-state index contributed by atoms with van der Waals surface area (Å²) in [6, 6.07) is 7.81. The van der Waals surface area contributed by atoms with Crippen molar-refractivity contribution >= 4 is 5.69 Å². The van der Waals surface area contributed by atoms with Gasteiger partial charge in [-0.3, -0.25) is 0 Å². The van der Waals surface area contributed by atoms with E-state index in [9.17, 15) is 0 Å². The Morgan fingerprint density at radius 3 is 2.57 bits per heavy atom. The van der Waals surface area contributed by atoms with Gasteiger partial charge in [0.1, 0.15) is 0 Å². The van der Waals surface area contributed by atoms with Crippen LogP contribution in [0.5, 0.6) is 0 Å². The van der Waals surface area contributed by atoms with Crippen molar-refractivity contribution in [2.75, 3.05) is 32.1 Å². The van der Waals surface area contributed by atoms with Gasteiger partial charge in [0.05, 0.1) is 0 Å². The number of nitrogens with zero attached hydrogens (tertiary/aromatic N) is 2. The summed E-state index contributed by atoms with van der Waals surface area (Å²) < 4.78 is 0. The molecular formula is C18H31N3. The van der Waals surface area contributed by atoms with Gasteiger partial charge in [-0.2, -0.15) is 0 Å². The average Bonchev–Trinajstić information content (AvgIpc) is 2.83. The van der Waals surface area contributed by atoms with E-state index in [1.54, 1.807) is 0 Å². The molecule has 0 aliphatic carbocycles. The van der Waals surface area contributed by atoms with Gasteiger partial charge in [-0.05, 0) is 63.0 Å². The second-order valence-corrected chi connectivity index (χ2v) is 6.90. The summed E-state index contributed by atoms with van der Waals surface area (Å²) in [5.41, 5.74) is 10.2. The first-order valence-electron chi connectivity index (χ1n) is 8.18. The number of nitrogens with two attached hydrogens (primary N) is 1. The lowest BCUT2D eigenvalue weighted by atomic mass is 9.99. The zero-order chi connectivity index (χ0) is 15.6. The predicted molar refractivity (Wildman–Crippen MR) is 92.0 cm³/mol. The Morgan fingerprint density at radius 1 is 1.33 bits per heavy atom. The van der Waals surface area contributed by atoms with E-state index in [1.807, 2.05) is 0 Å². The highest BCUT2D eigenvalue weighted by molar-refractivity contribution is 5.52. The lowest BCUT2D eigenvalue weighted by Crippen LogP contribution is -2.34. The van der Waals surface area contributed by atoms with E-state index in [4.69, 9.17) is 5.73 Å². The van der Waals surface area contributed by atoms with Crippen LogP contribution in [0.4, 0.5) is 5.69 Å². The zero-order valence-corrected chi connectivity index (χ0v) is 14.3. The summed E-state index contributed by atoms with van der Waals surface area (Å²) >= 11 is 0. The standard InChI is InChI=1S/C18H31N3/c1-6-16(19)10-15-7-8-17(9-13(15)2)21-11-14(3)18(12-21)20(4)5/h7-9,14,16,18H,6,10-12,19H2,1-5H3. The number of anilines is 1. The topological polar surface area (TPSA) is 32.5 Å². The smallest absolute Gasteiger partial charge is 0.0369 e. The SMILES string of the molecule is CCC(N)Cc1ccc(N2CC(C)C(N(C)C)C2)cc1C. The first kappa shape index (κ1) is 16.3. The van der Waals surface area contributed by atoms with Gasteiger partial charge in [0.15, 0.2) is 0 Å². The van der Waals surface area contributed by atoms with Gasteiger partial charge in [-0.15, -0.1) is 0 Å². The van der Waals surface area contributed by atoms with Crippen LogP contribution < -0.4 is 10.6 Å². The molecule has 118 valence electrons. The third kappa shape index (κ3) is 3.78. The number of rotatable bonds is 5. The Balaban J connectivity index is 2.10.